The van der Waals surface area contributed by atoms with Crippen LogP contribution in [0.15, 0.2) is 72.8 Å². The number of pyridine rings is 1. The van der Waals surface area contributed by atoms with Crippen LogP contribution in [-0.2, 0) is 4.74 Å². The van der Waals surface area contributed by atoms with Gasteiger partial charge >= 0.3 is 6.03 Å². The van der Waals surface area contributed by atoms with E-state index in [0.29, 0.717) is 31.2 Å². The lowest BCUT2D eigenvalue weighted by molar-refractivity contribution is 0.123. The lowest BCUT2D eigenvalue weighted by Crippen LogP contribution is -2.36. The molecule has 0 radical (unpaired) electrons. The summed E-state index contributed by atoms with van der Waals surface area (Å²) in [6, 6.07) is 23.4. The van der Waals surface area contributed by atoms with Crippen molar-refractivity contribution in [1.82, 2.24) is 4.98 Å². The van der Waals surface area contributed by atoms with E-state index in [4.69, 9.17) is 14.5 Å². The van der Waals surface area contributed by atoms with Gasteiger partial charge in [0.1, 0.15) is 5.75 Å². The van der Waals surface area contributed by atoms with Crippen LogP contribution < -0.4 is 20.3 Å². The van der Waals surface area contributed by atoms with Gasteiger partial charge in [-0.15, -0.1) is 0 Å². The van der Waals surface area contributed by atoms with E-state index in [1.165, 1.54) is 5.56 Å². The van der Waals surface area contributed by atoms with Crippen LogP contribution in [0, 0.1) is 6.92 Å². The van der Waals surface area contributed by atoms with Gasteiger partial charge in [-0.05, 0) is 62.4 Å². The van der Waals surface area contributed by atoms with Gasteiger partial charge in [-0.3, -0.25) is 0 Å². The lowest BCUT2D eigenvalue weighted by Gasteiger charge is -2.30. The van der Waals surface area contributed by atoms with E-state index in [1.54, 1.807) is 0 Å². The van der Waals surface area contributed by atoms with Crippen molar-refractivity contribution in [3.05, 3.63) is 78.4 Å². The molecule has 2 N–H and O–H groups in total. The zero-order chi connectivity index (χ0) is 24.9. The molecule has 7 heteroatoms. The Balaban J connectivity index is 1.42. The van der Waals surface area contributed by atoms with Crippen molar-refractivity contribution in [2.24, 2.45) is 0 Å². The number of nitrogens with one attached hydrogen (secondary N) is 2. The Hall–Kier alpha value is -4.10. The van der Waals surface area contributed by atoms with E-state index in [1.807, 2.05) is 49.4 Å². The number of carbonyl (C=O) groups excluding carboxylic acids is 1. The van der Waals surface area contributed by atoms with Gasteiger partial charge in [-0.1, -0.05) is 29.8 Å². The molecule has 184 valence electrons. The van der Waals surface area contributed by atoms with Gasteiger partial charge in [-0.25, -0.2) is 9.78 Å². The molecule has 0 atom stereocenters. The average molecular weight is 483 g/mol. The highest BCUT2D eigenvalue weighted by molar-refractivity contribution is 6.03. The van der Waals surface area contributed by atoms with Crippen molar-refractivity contribution in [3.8, 4) is 17.0 Å². The second kappa shape index (κ2) is 10.7. The van der Waals surface area contributed by atoms with Gasteiger partial charge in [0.05, 0.1) is 31.0 Å². The number of hydrogen-bond acceptors (Lipinski definition) is 5. The summed E-state index contributed by atoms with van der Waals surface area (Å²) in [4.78, 5) is 20.0. The van der Waals surface area contributed by atoms with E-state index in [9.17, 15) is 4.79 Å². The van der Waals surface area contributed by atoms with Crippen LogP contribution in [0.4, 0.5) is 21.9 Å². The summed E-state index contributed by atoms with van der Waals surface area (Å²) >= 11 is 0. The normalized spacial score (nSPS) is 13.4. The van der Waals surface area contributed by atoms with Crippen molar-refractivity contribution in [2.45, 2.75) is 13.8 Å². The Kier molecular flexibility index (Phi) is 7.00. The van der Waals surface area contributed by atoms with Crippen LogP contribution in [-0.4, -0.2) is 43.9 Å². The van der Waals surface area contributed by atoms with Gasteiger partial charge in [0.2, 0.25) is 0 Å². The quantitative estimate of drug-likeness (QED) is 0.348. The van der Waals surface area contributed by atoms with Crippen molar-refractivity contribution in [2.75, 3.05) is 48.4 Å². The summed E-state index contributed by atoms with van der Waals surface area (Å²) < 4.78 is 11.0. The molecule has 5 rings (SSSR count). The Morgan fingerprint density at radius 2 is 1.64 bits per heavy atom. The zero-order valence-electron chi connectivity index (χ0n) is 20.6. The Labute approximate surface area is 211 Å². The van der Waals surface area contributed by atoms with Gasteiger partial charge in [0.15, 0.2) is 0 Å². The molecular weight excluding hydrogens is 452 g/mol. The highest BCUT2D eigenvalue weighted by atomic mass is 16.5. The number of hydrogen-bond donors (Lipinski definition) is 2. The number of aromatic nitrogens is 1. The maximum atomic E-state index is 12.7. The predicted octanol–water partition coefficient (Wildman–Crippen LogP) is 6.09. The highest BCUT2D eigenvalue weighted by Crippen LogP contribution is 2.33. The average Bonchev–Trinajstić information content (AvgIpc) is 2.90. The number of benzene rings is 3. The number of carbonyl (C=O) groups is 1. The Bertz CT molecular complexity index is 1350. The van der Waals surface area contributed by atoms with Crippen molar-refractivity contribution >= 4 is 34.0 Å². The third-order valence-corrected chi connectivity index (χ3v) is 6.17. The minimum absolute atomic E-state index is 0.310. The van der Waals surface area contributed by atoms with Gasteiger partial charge < -0.3 is 25.0 Å². The second-order valence-electron chi connectivity index (χ2n) is 8.76. The molecular formula is C29H30N4O3. The summed E-state index contributed by atoms with van der Waals surface area (Å²) in [6.45, 7) is 7.61. The maximum Gasteiger partial charge on any atom is 0.323 e. The molecule has 1 aromatic heterocycles. The van der Waals surface area contributed by atoms with Crippen LogP contribution in [0.5, 0.6) is 5.75 Å². The van der Waals surface area contributed by atoms with E-state index >= 15 is 0 Å². The Morgan fingerprint density at radius 1 is 0.944 bits per heavy atom. The van der Waals surface area contributed by atoms with E-state index in [2.05, 4.69) is 52.8 Å². The number of rotatable bonds is 6. The molecule has 1 aliphatic rings. The third kappa shape index (κ3) is 5.42. The number of fused-ring (bicyclic) bond motifs is 1. The summed E-state index contributed by atoms with van der Waals surface area (Å²) in [7, 11) is 0. The summed E-state index contributed by atoms with van der Waals surface area (Å²) in [6.07, 6.45) is 0. The van der Waals surface area contributed by atoms with E-state index < -0.39 is 0 Å². The molecule has 1 aliphatic heterocycles. The highest BCUT2D eigenvalue weighted by Gasteiger charge is 2.17. The Morgan fingerprint density at radius 3 is 2.36 bits per heavy atom. The molecule has 1 saturated heterocycles. The van der Waals surface area contributed by atoms with Crippen molar-refractivity contribution in [1.29, 1.82) is 0 Å². The first-order chi connectivity index (χ1) is 17.6. The zero-order valence-corrected chi connectivity index (χ0v) is 20.6. The number of anilines is 3. The largest absolute Gasteiger partial charge is 0.494 e. The SMILES string of the molecule is CCOc1ccc(NC(=O)Nc2ccc3nc(-c4ccc(C)cc4)cc(N4CCOCC4)c3c2)cc1. The van der Waals surface area contributed by atoms with Crippen molar-refractivity contribution < 1.29 is 14.3 Å². The van der Waals surface area contributed by atoms with E-state index in [0.717, 1.165) is 46.7 Å². The molecule has 36 heavy (non-hydrogen) atoms. The predicted molar refractivity (Wildman–Crippen MR) is 145 cm³/mol. The van der Waals surface area contributed by atoms with E-state index in [-0.39, 0.29) is 6.03 Å². The summed E-state index contributed by atoms with van der Waals surface area (Å²) in [5.74, 6) is 0.770. The molecule has 2 heterocycles. The molecule has 1 fully saturated rings. The molecule has 0 unspecified atom stereocenters. The fourth-order valence-electron chi connectivity index (χ4n) is 4.32. The van der Waals surface area contributed by atoms with Crippen LogP contribution >= 0.6 is 0 Å². The fourth-order valence-corrected chi connectivity index (χ4v) is 4.32. The number of morpholine rings is 1. The molecule has 0 bridgehead atoms. The monoisotopic (exact) mass is 482 g/mol. The number of urea groups is 1. The van der Waals surface area contributed by atoms with Crippen LogP contribution in [0.25, 0.3) is 22.2 Å². The molecule has 0 aliphatic carbocycles. The topological polar surface area (TPSA) is 75.7 Å². The first-order valence-corrected chi connectivity index (χ1v) is 12.2. The minimum Gasteiger partial charge on any atom is -0.494 e. The van der Waals surface area contributed by atoms with Crippen LogP contribution in [0.1, 0.15) is 12.5 Å². The number of aryl methyl sites for hydroxylation is 1. The molecule has 2 amide bonds. The smallest absolute Gasteiger partial charge is 0.323 e. The van der Waals surface area contributed by atoms with Gasteiger partial charge in [0.25, 0.3) is 0 Å². The first kappa shape index (κ1) is 23.6. The number of nitrogens with zero attached hydrogens (tertiary/aromatic N) is 2. The van der Waals surface area contributed by atoms with Crippen molar-refractivity contribution in [3.63, 3.8) is 0 Å². The molecule has 4 aromatic rings. The van der Waals surface area contributed by atoms with Crippen LogP contribution in [0.2, 0.25) is 0 Å². The minimum atomic E-state index is -0.310. The molecule has 7 nitrogen and oxygen atoms in total. The first-order valence-electron chi connectivity index (χ1n) is 12.2. The lowest BCUT2D eigenvalue weighted by atomic mass is 10.0. The standard InChI is InChI=1S/C29H30N4O3/c1-3-36-24-11-8-22(9-12-24)30-29(34)31-23-10-13-26-25(18-23)28(33-14-16-35-17-15-33)19-27(32-26)21-6-4-20(2)5-7-21/h4-13,18-19H,3,14-17H2,1-2H3,(H2,30,31,34). The molecule has 0 saturated carbocycles. The molecule has 3 aromatic carbocycles. The molecule has 0 spiro atoms. The third-order valence-electron chi connectivity index (χ3n) is 6.17. The summed E-state index contributed by atoms with van der Waals surface area (Å²) in [5, 5.41) is 6.82. The summed E-state index contributed by atoms with van der Waals surface area (Å²) in [5.41, 5.74) is 6.58. The maximum absolute atomic E-state index is 12.7. The fraction of sp³-hybridized carbons (Fsp3) is 0.241. The second-order valence-corrected chi connectivity index (χ2v) is 8.76. The number of amides is 2. The van der Waals surface area contributed by atoms with Crippen LogP contribution in [0.3, 0.4) is 0 Å². The van der Waals surface area contributed by atoms with Gasteiger partial charge in [-0.2, -0.15) is 0 Å². The number of ether oxygens (including phenoxy) is 2. The van der Waals surface area contributed by atoms with Gasteiger partial charge in [0, 0.05) is 41.1 Å².